The molecule has 7 heteroatoms. The maximum absolute atomic E-state index is 12.6. The molecule has 0 aromatic heterocycles. The highest BCUT2D eigenvalue weighted by Crippen LogP contribution is 2.28. The highest BCUT2D eigenvalue weighted by atomic mass is 16.5. The van der Waals surface area contributed by atoms with Gasteiger partial charge in [0.05, 0.1) is 7.11 Å². The quantitative estimate of drug-likeness (QED) is 0.694. The molecule has 7 nitrogen and oxygen atoms in total. The molecule has 3 N–H and O–H groups in total. The minimum absolute atomic E-state index is 0.0429. The lowest BCUT2D eigenvalue weighted by Crippen LogP contribution is -2.39. The van der Waals surface area contributed by atoms with Crippen molar-refractivity contribution < 1.29 is 19.1 Å². The van der Waals surface area contributed by atoms with Gasteiger partial charge in [0.2, 0.25) is 0 Å². The average Bonchev–Trinajstić information content (AvgIpc) is 2.58. The lowest BCUT2D eigenvalue weighted by atomic mass is 9.93. The summed E-state index contributed by atoms with van der Waals surface area (Å²) in [7, 11) is 3.23. The lowest BCUT2D eigenvalue weighted by molar-refractivity contribution is -0.123. The van der Waals surface area contributed by atoms with Crippen LogP contribution in [0.25, 0.3) is 0 Å². The first kappa shape index (κ1) is 21.8. The van der Waals surface area contributed by atoms with E-state index in [1.807, 2.05) is 27.7 Å². The topological polar surface area (TPSA) is 93.9 Å². The predicted octanol–water partition coefficient (Wildman–Crippen LogP) is 1.66. The Kier molecular flexibility index (Phi) is 7.89. The van der Waals surface area contributed by atoms with Gasteiger partial charge in [-0.1, -0.05) is 13.8 Å². The molecule has 2 amide bonds. The number of nitrogens with zero attached hydrogens (tertiary/aromatic N) is 1. The van der Waals surface area contributed by atoms with E-state index in [1.165, 1.54) is 7.11 Å². The molecule has 0 unspecified atom stereocenters. The molecule has 146 valence electrons. The number of hydrogen-bond acceptors (Lipinski definition) is 5. The zero-order chi connectivity index (χ0) is 19.9. The number of nitrogens with one attached hydrogen (secondary N) is 1. The number of amides is 2. The van der Waals surface area contributed by atoms with Crippen LogP contribution in [0.2, 0.25) is 0 Å². The molecule has 0 spiro atoms. The summed E-state index contributed by atoms with van der Waals surface area (Å²) in [6, 6.07) is 4.95. The number of rotatable bonds is 9. The summed E-state index contributed by atoms with van der Waals surface area (Å²) in [4.78, 5) is 26.0. The Morgan fingerprint density at radius 2 is 1.92 bits per heavy atom. The monoisotopic (exact) mass is 365 g/mol. The van der Waals surface area contributed by atoms with Gasteiger partial charge in [-0.25, -0.2) is 0 Å². The molecular weight excluding hydrogens is 334 g/mol. The van der Waals surface area contributed by atoms with Crippen molar-refractivity contribution in [2.75, 3.05) is 33.9 Å². The first-order valence-electron chi connectivity index (χ1n) is 8.65. The van der Waals surface area contributed by atoms with E-state index in [0.717, 1.165) is 0 Å². The molecule has 0 aliphatic carbocycles. The summed E-state index contributed by atoms with van der Waals surface area (Å²) >= 11 is 0. The summed E-state index contributed by atoms with van der Waals surface area (Å²) < 4.78 is 10.8. The van der Waals surface area contributed by atoms with E-state index in [4.69, 9.17) is 15.2 Å². The van der Waals surface area contributed by atoms with Crippen LogP contribution in [0.3, 0.4) is 0 Å². The van der Waals surface area contributed by atoms with Crippen molar-refractivity contribution in [3.05, 3.63) is 23.8 Å². The second-order valence-corrected chi connectivity index (χ2v) is 7.41. The van der Waals surface area contributed by atoms with Crippen LogP contribution in [0, 0.1) is 5.41 Å². The first-order valence-corrected chi connectivity index (χ1v) is 8.65. The smallest absolute Gasteiger partial charge is 0.258 e. The normalized spacial score (nSPS) is 11.2. The molecule has 1 rings (SSSR count). The van der Waals surface area contributed by atoms with E-state index in [1.54, 1.807) is 30.1 Å². The Morgan fingerprint density at radius 3 is 2.46 bits per heavy atom. The number of hydrogen-bond donors (Lipinski definition) is 2. The third kappa shape index (κ3) is 6.55. The van der Waals surface area contributed by atoms with E-state index in [0.29, 0.717) is 30.2 Å². The standard InChI is InChI=1S/C19H31N3O4/c1-13(2)21-17(23)10-26-15-8-7-14(9-16(15)25-6)18(24)22(5)12-19(3,4)11-20/h7-9,13H,10-12,20H2,1-6H3,(H,21,23). The summed E-state index contributed by atoms with van der Waals surface area (Å²) in [6.45, 7) is 8.68. The Labute approximate surface area is 155 Å². The van der Waals surface area contributed by atoms with Crippen LogP contribution in [-0.2, 0) is 4.79 Å². The minimum Gasteiger partial charge on any atom is -0.493 e. The lowest BCUT2D eigenvalue weighted by Gasteiger charge is -2.29. The fourth-order valence-corrected chi connectivity index (χ4v) is 2.43. The van der Waals surface area contributed by atoms with Gasteiger partial charge in [-0.15, -0.1) is 0 Å². The molecule has 0 radical (unpaired) electrons. The van der Waals surface area contributed by atoms with Crippen molar-refractivity contribution in [1.82, 2.24) is 10.2 Å². The third-order valence-electron chi connectivity index (χ3n) is 3.78. The molecule has 0 atom stereocenters. The zero-order valence-electron chi connectivity index (χ0n) is 16.6. The average molecular weight is 365 g/mol. The van der Waals surface area contributed by atoms with Gasteiger partial charge in [0.1, 0.15) is 0 Å². The second-order valence-electron chi connectivity index (χ2n) is 7.41. The maximum Gasteiger partial charge on any atom is 0.258 e. The van der Waals surface area contributed by atoms with E-state index in [9.17, 15) is 9.59 Å². The van der Waals surface area contributed by atoms with Crippen molar-refractivity contribution >= 4 is 11.8 Å². The van der Waals surface area contributed by atoms with Crippen molar-refractivity contribution in [2.24, 2.45) is 11.1 Å². The number of benzene rings is 1. The molecule has 0 saturated carbocycles. The second kappa shape index (κ2) is 9.43. The van der Waals surface area contributed by atoms with Crippen molar-refractivity contribution in [3.63, 3.8) is 0 Å². The summed E-state index contributed by atoms with van der Waals surface area (Å²) in [6.07, 6.45) is 0. The SMILES string of the molecule is COc1cc(C(=O)N(C)CC(C)(C)CN)ccc1OCC(=O)NC(C)C. The Morgan fingerprint density at radius 1 is 1.27 bits per heavy atom. The molecule has 1 aromatic rings. The first-order chi connectivity index (χ1) is 12.1. The van der Waals surface area contributed by atoms with Gasteiger partial charge in [0.15, 0.2) is 18.1 Å². The molecule has 0 saturated heterocycles. The molecule has 0 fully saturated rings. The number of nitrogens with two attached hydrogens (primary N) is 1. The van der Waals surface area contributed by atoms with Gasteiger partial charge in [-0.05, 0) is 44.0 Å². The largest absolute Gasteiger partial charge is 0.493 e. The Balaban J connectivity index is 2.84. The van der Waals surface area contributed by atoms with E-state index < -0.39 is 0 Å². The number of methoxy groups -OCH3 is 1. The van der Waals surface area contributed by atoms with Crippen LogP contribution in [0.1, 0.15) is 38.1 Å². The molecular formula is C19H31N3O4. The van der Waals surface area contributed by atoms with Crippen molar-refractivity contribution in [1.29, 1.82) is 0 Å². The minimum atomic E-state index is -0.217. The van der Waals surface area contributed by atoms with Gasteiger partial charge >= 0.3 is 0 Å². The highest BCUT2D eigenvalue weighted by molar-refractivity contribution is 5.94. The van der Waals surface area contributed by atoms with Gasteiger partial charge in [0, 0.05) is 25.2 Å². The predicted molar refractivity (Wildman–Crippen MR) is 102 cm³/mol. The van der Waals surface area contributed by atoms with Crippen LogP contribution in [-0.4, -0.2) is 56.6 Å². The van der Waals surface area contributed by atoms with Gasteiger partial charge in [-0.2, -0.15) is 0 Å². The number of ether oxygens (including phenoxy) is 2. The van der Waals surface area contributed by atoms with Crippen LogP contribution in [0.5, 0.6) is 11.5 Å². The van der Waals surface area contributed by atoms with Crippen LogP contribution >= 0.6 is 0 Å². The zero-order valence-corrected chi connectivity index (χ0v) is 16.6. The number of carbonyl (C=O) groups is 2. The van der Waals surface area contributed by atoms with Crippen LogP contribution in [0.4, 0.5) is 0 Å². The molecule has 0 heterocycles. The molecule has 26 heavy (non-hydrogen) atoms. The molecule has 0 aliphatic heterocycles. The number of carbonyl (C=O) groups excluding carboxylic acids is 2. The van der Waals surface area contributed by atoms with E-state index in [2.05, 4.69) is 5.32 Å². The van der Waals surface area contributed by atoms with E-state index in [-0.39, 0.29) is 29.9 Å². The molecule has 1 aromatic carbocycles. The molecule has 0 bridgehead atoms. The molecule has 0 aliphatic rings. The fraction of sp³-hybridized carbons (Fsp3) is 0.579. The van der Waals surface area contributed by atoms with Crippen molar-refractivity contribution in [3.8, 4) is 11.5 Å². The van der Waals surface area contributed by atoms with Gasteiger partial charge in [0.25, 0.3) is 11.8 Å². The summed E-state index contributed by atoms with van der Waals surface area (Å²) in [5.41, 5.74) is 6.06. The van der Waals surface area contributed by atoms with Gasteiger partial charge < -0.3 is 25.4 Å². The van der Waals surface area contributed by atoms with Crippen LogP contribution in [0.15, 0.2) is 18.2 Å². The highest BCUT2D eigenvalue weighted by Gasteiger charge is 2.22. The van der Waals surface area contributed by atoms with Gasteiger partial charge in [-0.3, -0.25) is 9.59 Å². The maximum atomic E-state index is 12.6. The van der Waals surface area contributed by atoms with Crippen molar-refractivity contribution in [2.45, 2.75) is 33.7 Å². The van der Waals surface area contributed by atoms with Crippen LogP contribution < -0.4 is 20.5 Å². The Bertz CT molecular complexity index is 629. The van der Waals surface area contributed by atoms with E-state index >= 15 is 0 Å². The summed E-state index contributed by atoms with van der Waals surface area (Å²) in [5, 5.41) is 2.75. The summed E-state index contributed by atoms with van der Waals surface area (Å²) in [5.74, 6) is 0.465. The third-order valence-corrected chi connectivity index (χ3v) is 3.78. The fourth-order valence-electron chi connectivity index (χ4n) is 2.43. The Hall–Kier alpha value is -2.28.